The Kier molecular flexibility index (Phi) is 7.66. The summed E-state index contributed by atoms with van der Waals surface area (Å²) in [5.41, 5.74) is -0.767. The minimum absolute atomic E-state index is 0.0378. The minimum Gasteiger partial charge on any atom is -0.393 e. The van der Waals surface area contributed by atoms with Gasteiger partial charge in [-0.05, 0) is 77.6 Å². The van der Waals surface area contributed by atoms with E-state index in [2.05, 4.69) is 16.0 Å². The Labute approximate surface area is 194 Å². The third-order valence-corrected chi connectivity index (χ3v) is 9.15. The number of fused-ring (bicyclic) bond motifs is 1. The Balaban J connectivity index is 1.44. The fraction of sp³-hybridized carbons (Fsp3) is 1.00. The van der Waals surface area contributed by atoms with E-state index in [0.717, 1.165) is 19.3 Å². The fourth-order valence-corrected chi connectivity index (χ4v) is 7.18. The number of alkyl halides is 4. The SMILES string of the molecule is CC1NC2CCC(C3(O)CCC(O)CC3)CC2C(NC(C)C2CCCC(C(F)(F)F)C2F)N1. The highest BCUT2D eigenvalue weighted by Gasteiger charge is 2.52. The number of nitrogens with one attached hydrogen (secondary N) is 3. The average molecular weight is 480 g/mol. The van der Waals surface area contributed by atoms with Gasteiger partial charge in [-0.25, -0.2) is 4.39 Å². The normalized spacial score (nSPS) is 48.2. The molecule has 4 rings (SSSR count). The number of aliphatic hydroxyl groups excluding tert-OH is 1. The van der Waals surface area contributed by atoms with E-state index in [1.807, 2.05) is 13.8 Å². The van der Waals surface area contributed by atoms with E-state index in [1.165, 1.54) is 0 Å². The molecule has 192 valence electrons. The zero-order valence-electron chi connectivity index (χ0n) is 19.8. The van der Waals surface area contributed by atoms with Gasteiger partial charge in [-0.3, -0.25) is 16.0 Å². The van der Waals surface area contributed by atoms with E-state index in [-0.39, 0.29) is 48.8 Å². The maximum atomic E-state index is 15.0. The molecule has 33 heavy (non-hydrogen) atoms. The average Bonchev–Trinajstić information content (AvgIpc) is 2.75. The lowest BCUT2D eigenvalue weighted by atomic mass is 9.64. The van der Waals surface area contributed by atoms with Gasteiger partial charge in [0.15, 0.2) is 0 Å². The molecule has 5 nitrogen and oxygen atoms in total. The maximum Gasteiger partial charge on any atom is 0.394 e. The molecule has 1 aliphatic heterocycles. The Morgan fingerprint density at radius 2 is 1.73 bits per heavy atom. The minimum atomic E-state index is -4.50. The van der Waals surface area contributed by atoms with E-state index in [0.29, 0.717) is 38.5 Å². The molecule has 4 aliphatic rings. The lowest BCUT2D eigenvalue weighted by Gasteiger charge is -2.52. The zero-order valence-corrected chi connectivity index (χ0v) is 19.8. The van der Waals surface area contributed by atoms with Gasteiger partial charge in [0.1, 0.15) is 6.17 Å². The molecule has 0 aromatic carbocycles. The highest BCUT2D eigenvalue weighted by molar-refractivity contribution is 5.02. The number of aliphatic hydroxyl groups is 2. The quantitative estimate of drug-likeness (QED) is 0.399. The Hall–Kier alpha value is -0.480. The predicted molar refractivity (Wildman–Crippen MR) is 118 cm³/mol. The van der Waals surface area contributed by atoms with Crippen LogP contribution in [-0.4, -0.2) is 58.7 Å². The van der Waals surface area contributed by atoms with Crippen LogP contribution in [0.25, 0.3) is 0 Å². The molecule has 3 saturated carbocycles. The van der Waals surface area contributed by atoms with Crippen LogP contribution in [0.5, 0.6) is 0 Å². The van der Waals surface area contributed by atoms with Crippen LogP contribution >= 0.6 is 0 Å². The number of hydrogen-bond donors (Lipinski definition) is 5. The van der Waals surface area contributed by atoms with Crippen LogP contribution in [0, 0.1) is 23.7 Å². The number of rotatable bonds is 4. The van der Waals surface area contributed by atoms with Gasteiger partial charge in [0, 0.05) is 23.9 Å². The number of hydrogen-bond acceptors (Lipinski definition) is 5. The van der Waals surface area contributed by atoms with E-state index < -0.39 is 29.8 Å². The molecule has 0 spiro atoms. The largest absolute Gasteiger partial charge is 0.394 e. The van der Waals surface area contributed by atoms with Gasteiger partial charge < -0.3 is 10.2 Å². The van der Waals surface area contributed by atoms with Gasteiger partial charge in [0.05, 0.1) is 30.0 Å². The summed E-state index contributed by atoms with van der Waals surface area (Å²) in [4.78, 5) is 0. The molecule has 0 aromatic heterocycles. The highest BCUT2D eigenvalue weighted by atomic mass is 19.4. The first kappa shape index (κ1) is 25.6. The van der Waals surface area contributed by atoms with E-state index in [9.17, 15) is 27.8 Å². The van der Waals surface area contributed by atoms with E-state index in [1.54, 1.807) is 0 Å². The standard InChI is InChI=1S/C24H41F4N3O2/c1-13(17-4-3-5-19(21(17)25)24(26,27)28)29-22-18-12-15(6-7-20(18)30-14(2)31-22)23(33)10-8-16(32)9-11-23/h13-22,29-33H,3-12H2,1-2H3. The predicted octanol–water partition coefficient (Wildman–Crippen LogP) is 3.60. The molecular formula is C24H41F4N3O2. The van der Waals surface area contributed by atoms with Crippen LogP contribution in [-0.2, 0) is 0 Å². The molecule has 9 heteroatoms. The topological polar surface area (TPSA) is 76.5 Å². The van der Waals surface area contributed by atoms with Crippen molar-refractivity contribution in [2.75, 3.05) is 0 Å². The molecule has 1 saturated heterocycles. The molecule has 0 bridgehead atoms. The van der Waals surface area contributed by atoms with Crippen LogP contribution in [0.15, 0.2) is 0 Å². The van der Waals surface area contributed by atoms with Crippen LogP contribution in [0.2, 0.25) is 0 Å². The first-order valence-corrected chi connectivity index (χ1v) is 12.9. The number of halogens is 4. The molecule has 9 unspecified atom stereocenters. The first-order valence-electron chi connectivity index (χ1n) is 12.9. The van der Waals surface area contributed by atoms with Gasteiger partial charge in [-0.15, -0.1) is 0 Å². The summed E-state index contributed by atoms with van der Waals surface area (Å²) in [6, 6.07) is -0.141. The summed E-state index contributed by atoms with van der Waals surface area (Å²) < 4.78 is 54.9. The first-order chi connectivity index (χ1) is 15.5. The van der Waals surface area contributed by atoms with Crippen LogP contribution in [0.3, 0.4) is 0 Å². The van der Waals surface area contributed by atoms with E-state index in [4.69, 9.17) is 0 Å². The van der Waals surface area contributed by atoms with Gasteiger partial charge >= 0.3 is 6.18 Å². The van der Waals surface area contributed by atoms with Crippen molar-refractivity contribution in [1.29, 1.82) is 0 Å². The zero-order chi connectivity index (χ0) is 24.0. The second-order valence-electron chi connectivity index (χ2n) is 11.3. The van der Waals surface area contributed by atoms with Crippen molar-refractivity contribution in [3.8, 4) is 0 Å². The second kappa shape index (κ2) is 9.88. The van der Waals surface area contributed by atoms with E-state index >= 15 is 0 Å². The second-order valence-corrected chi connectivity index (χ2v) is 11.3. The summed E-state index contributed by atoms with van der Waals surface area (Å²) in [7, 11) is 0. The summed E-state index contributed by atoms with van der Waals surface area (Å²) in [5, 5.41) is 31.8. The van der Waals surface area contributed by atoms with Gasteiger partial charge in [0.25, 0.3) is 0 Å². The smallest absolute Gasteiger partial charge is 0.393 e. The molecule has 0 aromatic rings. The molecular weight excluding hydrogens is 438 g/mol. The molecule has 9 atom stereocenters. The lowest BCUT2D eigenvalue weighted by molar-refractivity contribution is -0.206. The summed E-state index contributed by atoms with van der Waals surface area (Å²) >= 11 is 0. The van der Waals surface area contributed by atoms with Gasteiger partial charge in [-0.1, -0.05) is 6.42 Å². The van der Waals surface area contributed by atoms with Gasteiger partial charge in [-0.2, -0.15) is 13.2 Å². The van der Waals surface area contributed by atoms with Gasteiger partial charge in [0.2, 0.25) is 0 Å². The highest BCUT2D eigenvalue weighted by Crippen LogP contribution is 2.46. The molecule has 5 N–H and O–H groups in total. The molecule has 3 aliphatic carbocycles. The monoisotopic (exact) mass is 479 g/mol. The molecule has 4 fully saturated rings. The van der Waals surface area contributed by atoms with Crippen molar-refractivity contribution in [2.45, 2.75) is 127 Å². The van der Waals surface area contributed by atoms with Crippen molar-refractivity contribution in [2.24, 2.45) is 23.7 Å². The third-order valence-electron chi connectivity index (χ3n) is 9.15. The van der Waals surface area contributed by atoms with Crippen molar-refractivity contribution in [3.05, 3.63) is 0 Å². The summed E-state index contributed by atoms with van der Waals surface area (Å²) in [5.74, 6) is -2.26. The lowest BCUT2D eigenvalue weighted by Crippen LogP contribution is -2.69. The molecule has 1 heterocycles. The third kappa shape index (κ3) is 5.52. The van der Waals surface area contributed by atoms with Crippen molar-refractivity contribution < 1.29 is 27.8 Å². The Morgan fingerprint density at radius 1 is 1.03 bits per heavy atom. The fourth-order valence-electron chi connectivity index (χ4n) is 7.18. The maximum absolute atomic E-state index is 15.0. The van der Waals surface area contributed by atoms with Crippen LogP contribution < -0.4 is 16.0 Å². The Morgan fingerprint density at radius 3 is 2.39 bits per heavy atom. The summed E-state index contributed by atoms with van der Waals surface area (Å²) in [6.07, 6.45) is -1.03. The van der Waals surface area contributed by atoms with Crippen molar-refractivity contribution in [3.63, 3.8) is 0 Å². The van der Waals surface area contributed by atoms with Crippen molar-refractivity contribution in [1.82, 2.24) is 16.0 Å². The molecule has 0 amide bonds. The molecule has 0 radical (unpaired) electrons. The van der Waals surface area contributed by atoms with Crippen LogP contribution in [0.1, 0.15) is 78.1 Å². The van der Waals surface area contributed by atoms with Crippen molar-refractivity contribution >= 4 is 0 Å². The van der Waals surface area contributed by atoms with Crippen LogP contribution in [0.4, 0.5) is 17.6 Å². The Bertz CT molecular complexity index is 658. The summed E-state index contributed by atoms with van der Waals surface area (Å²) in [6.45, 7) is 3.84.